The fourth-order valence-electron chi connectivity index (χ4n) is 1.98. The summed E-state index contributed by atoms with van der Waals surface area (Å²) in [6.07, 6.45) is 8.82. The Bertz CT molecular complexity index is 687. The second-order valence-corrected chi connectivity index (χ2v) is 5.47. The van der Waals surface area contributed by atoms with Crippen LogP contribution in [0.5, 0.6) is 0 Å². The van der Waals surface area contributed by atoms with Crippen molar-refractivity contribution in [1.29, 1.82) is 0 Å². The van der Waals surface area contributed by atoms with Crippen LogP contribution in [0, 0.1) is 12.3 Å². The summed E-state index contributed by atoms with van der Waals surface area (Å²) in [5.41, 5.74) is -0.477. The van der Waals surface area contributed by atoms with Gasteiger partial charge in [-0.05, 0) is 0 Å². The van der Waals surface area contributed by atoms with Crippen molar-refractivity contribution in [3.05, 3.63) is 21.6 Å². The molecule has 2 heterocycles. The molecule has 1 amide bonds. The third kappa shape index (κ3) is 5.07. The molecule has 122 valence electrons. The number of anilines is 1. The van der Waals surface area contributed by atoms with Crippen LogP contribution in [0.15, 0.2) is 21.2 Å². The van der Waals surface area contributed by atoms with Gasteiger partial charge in [0.15, 0.2) is 5.66 Å². The van der Waals surface area contributed by atoms with Gasteiger partial charge in [-0.3, -0.25) is 9.59 Å². The smallest absolute Gasteiger partial charge is 0.285 e. The van der Waals surface area contributed by atoms with E-state index in [-0.39, 0.29) is 10.9 Å². The van der Waals surface area contributed by atoms with Crippen molar-refractivity contribution in [2.24, 2.45) is 10.2 Å². The summed E-state index contributed by atoms with van der Waals surface area (Å²) in [5.74, 6) is 2.46. The third-order valence-corrected chi connectivity index (χ3v) is 3.74. The highest BCUT2D eigenvalue weighted by atomic mass is 35.5. The van der Waals surface area contributed by atoms with Crippen LogP contribution in [0.25, 0.3) is 0 Å². The van der Waals surface area contributed by atoms with Crippen LogP contribution in [0.1, 0.15) is 25.7 Å². The van der Waals surface area contributed by atoms with Crippen molar-refractivity contribution in [3.8, 4) is 12.3 Å². The normalized spacial score (nSPS) is 14.1. The van der Waals surface area contributed by atoms with Crippen LogP contribution in [-0.2, 0) is 4.79 Å². The summed E-state index contributed by atoms with van der Waals surface area (Å²) in [4.78, 5) is 23.0. The van der Waals surface area contributed by atoms with Crippen molar-refractivity contribution in [2.75, 3.05) is 18.4 Å². The van der Waals surface area contributed by atoms with E-state index in [1.807, 2.05) is 0 Å². The van der Waals surface area contributed by atoms with Gasteiger partial charge in [0.1, 0.15) is 5.02 Å². The number of amides is 1. The first-order valence-corrected chi connectivity index (χ1v) is 7.55. The van der Waals surface area contributed by atoms with Crippen molar-refractivity contribution < 1.29 is 4.79 Å². The van der Waals surface area contributed by atoms with Gasteiger partial charge >= 0.3 is 0 Å². The number of hydrogen-bond donors (Lipinski definition) is 3. The van der Waals surface area contributed by atoms with Gasteiger partial charge in [-0.2, -0.15) is 15.3 Å². The zero-order valence-electron chi connectivity index (χ0n) is 12.4. The Morgan fingerprint density at radius 3 is 2.87 bits per heavy atom. The van der Waals surface area contributed by atoms with E-state index in [1.165, 1.54) is 6.20 Å². The summed E-state index contributed by atoms with van der Waals surface area (Å²) < 4.78 is 0. The molecule has 9 heteroatoms. The lowest BCUT2D eigenvalue weighted by molar-refractivity contribution is -0.121. The van der Waals surface area contributed by atoms with Gasteiger partial charge in [0.05, 0.1) is 11.9 Å². The van der Waals surface area contributed by atoms with Gasteiger partial charge in [0, 0.05) is 38.8 Å². The topological polar surface area (TPSA) is 112 Å². The molecule has 23 heavy (non-hydrogen) atoms. The van der Waals surface area contributed by atoms with Crippen LogP contribution in [0.2, 0.25) is 5.02 Å². The highest BCUT2D eigenvalue weighted by Crippen LogP contribution is 2.37. The number of carbonyl (C=O) groups is 1. The van der Waals surface area contributed by atoms with E-state index in [2.05, 4.69) is 37.0 Å². The number of rotatable bonds is 9. The van der Waals surface area contributed by atoms with Gasteiger partial charge in [-0.15, -0.1) is 12.3 Å². The number of terminal acetylenes is 1. The Kier molecular flexibility index (Phi) is 5.71. The molecule has 0 saturated carbocycles. The Hall–Kier alpha value is -2.40. The maximum Gasteiger partial charge on any atom is 0.285 e. The molecule has 2 rings (SSSR count). The third-order valence-electron chi connectivity index (χ3n) is 3.36. The number of nitrogens with zero attached hydrogens (tertiary/aromatic N) is 3. The molecule has 1 aliphatic rings. The first kappa shape index (κ1) is 17.0. The molecule has 1 aliphatic heterocycles. The quantitative estimate of drug-likeness (QED) is 0.466. The minimum absolute atomic E-state index is 0.0405. The molecule has 1 aromatic rings. The summed E-state index contributed by atoms with van der Waals surface area (Å²) in [7, 11) is 0. The highest BCUT2D eigenvalue weighted by Gasteiger charge is 2.39. The number of nitrogens with one attached hydrogen (secondary N) is 3. The summed E-state index contributed by atoms with van der Waals surface area (Å²) in [6, 6.07) is 0. The van der Waals surface area contributed by atoms with Crippen molar-refractivity contribution >= 4 is 23.2 Å². The average molecular weight is 337 g/mol. The first-order valence-electron chi connectivity index (χ1n) is 7.17. The van der Waals surface area contributed by atoms with Crippen LogP contribution in [0.3, 0.4) is 0 Å². The van der Waals surface area contributed by atoms with Crippen molar-refractivity contribution in [2.45, 2.75) is 31.3 Å². The van der Waals surface area contributed by atoms with Crippen LogP contribution >= 0.6 is 11.6 Å². The molecule has 0 spiro atoms. The molecule has 0 radical (unpaired) electrons. The molecule has 0 saturated heterocycles. The fraction of sp³-hybridized carbons (Fsp3) is 0.500. The standard InChI is InChI=1S/C14H17ClN6O2/c1-2-3-5-14(20-21-14)6-4-11(22)17-8-7-16-10-9-18-19-13(23)12(10)15/h1,9H,3-8H2,(H,17,22)(H2,16,19,23). The molecule has 0 bridgehead atoms. The lowest BCUT2D eigenvalue weighted by atomic mass is 10.0. The maximum atomic E-state index is 11.8. The minimum atomic E-state index is -0.463. The molecule has 0 aromatic carbocycles. The van der Waals surface area contributed by atoms with E-state index in [9.17, 15) is 9.59 Å². The van der Waals surface area contributed by atoms with E-state index in [4.69, 9.17) is 18.0 Å². The average Bonchev–Trinajstić information content (AvgIpc) is 3.32. The fourth-order valence-corrected chi connectivity index (χ4v) is 2.13. The van der Waals surface area contributed by atoms with Crippen molar-refractivity contribution in [1.82, 2.24) is 15.5 Å². The Labute approximate surface area is 138 Å². The lowest BCUT2D eigenvalue weighted by Gasteiger charge is -2.10. The molecule has 8 nitrogen and oxygen atoms in total. The highest BCUT2D eigenvalue weighted by molar-refractivity contribution is 6.32. The van der Waals surface area contributed by atoms with Gasteiger partial charge in [-0.25, -0.2) is 5.10 Å². The summed E-state index contributed by atoms with van der Waals surface area (Å²) in [6.45, 7) is 0.821. The van der Waals surface area contributed by atoms with Crippen LogP contribution in [0.4, 0.5) is 5.69 Å². The number of carbonyl (C=O) groups excluding carboxylic acids is 1. The zero-order valence-corrected chi connectivity index (χ0v) is 13.2. The Morgan fingerprint density at radius 1 is 1.39 bits per heavy atom. The number of aromatic amines is 1. The predicted octanol–water partition coefficient (Wildman–Crippen LogP) is 1.31. The number of aromatic nitrogens is 2. The minimum Gasteiger partial charge on any atom is -0.381 e. The SMILES string of the molecule is C#CCCC1(CCC(=O)NCCNc2cn[nH]c(=O)c2Cl)N=N1. The van der Waals surface area contributed by atoms with E-state index in [1.54, 1.807) is 0 Å². The molecule has 0 atom stereocenters. The largest absolute Gasteiger partial charge is 0.381 e. The Balaban J connectivity index is 1.63. The lowest BCUT2D eigenvalue weighted by Crippen LogP contribution is -2.30. The Morgan fingerprint density at radius 2 is 2.17 bits per heavy atom. The molecule has 0 aliphatic carbocycles. The predicted molar refractivity (Wildman–Crippen MR) is 86.3 cm³/mol. The van der Waals surface area contributed by atoms with Gasteiger partial charge < -0.3 is 10.6 Å². The number of H-pyrrole nitrogens is 1. The van der Waals surface area contributed by atoms with Crippen LogP contribution in [-0.4, -0.2) is 34.9 Å². The molecular weight excluding hydrogens is 320 g/mol. The second kappa shape index (κ2) is 7.74. The van der Waals surface area contributed by atoms with Gasteiger partial charge in [0.2, 0.25) is 5.91 Å². The molecule has 0 fully saturated rings. The zero-order chi connectivity index (χ0) is 16.7. The van der Waals surface area contributed by atoms with E-state index >= 15 is 0 Å². The van der Waals surface area contributed by atoms with Gasteiger partial charge in [0.25, 0.3) is 5.56 Å². The van der Waals surface area contributed by atoms with E-state index < -0.39 is 11.2 Å². The van der Waals surface area contributed by atoms with Crippen LogP contribution < -0.4 is 16.2 Å². The van der Waals surface area contributed by atoms with Crippen molar-refractivity contribution in [3.63, 3.8) is 0 Å². The first-order chi connectivity index (χ1) is 11.1. The summed E-state index contributed by atoms with van der Waals surface area (Å²) in [5, 5.41) is 19.6. The van der Waals surface area contributed by atoms with E-state index in [0.717, 1.165) is 0 Å². The molecular formula is C14H17ClN6O2. The number of halogens is 1. The van der Waals surface area contributed by atoms with Gasteiger partial charge in [-0.1, -0.05) is 11.6 Å². The molecule has 1 aromatic heterocycles. The monoisotopic (exact) mass is 336 g/mol. The molecule has 0 unspecified atom stereocenters. The number of hydrogen-bond acceptors (Lipinski definition) is 6. The second-order valence-electron chi connectivity index (χ2n) is 5.09. The molecule has 3 N–H and O–H groups in total. The summed E-state index contributed by atoms with van der Waals surface area (Å²) >= 11 is 5.81. The maximum absolute atomic E-state index is 11.8. The van der Waals surface area contributed by atoms with E-state index in [0.29, 0.717) is 44.5 Å².